The number of sulfonamides is 1. The smallest absolute Gasteiger partial charge is 0.211 e. The summed E-state index contributed by atoms with van der Waals surface area (Å²) in [6.45, 7) is 0.533. The molecule has 1 fully saturated rings. The van der Waals surface area contributed by atoms with E-state index < -0.39 is 10.0 Å². The number of thiazole rings is 1. The number of nitrogen functional groups attached to an aromatic ring is 1. The number of aromatic amines is 1. The van der Waals surface area contributed by atoms with Crippen molar-refractivity contribution >= 4 is 53.3 Å². The van der Waals surface area contributed by atoms with Crippen LogP contribution in [0, 0.1) is 5.92 Å². The van der Waals surface area contributed by atoms with Gasteiger partial charge in [0.15, 0.2) is 5.13 Å². The molecule has 2 aliphatic rings. The molecule has 1 unspecified atom stereocenters. The van der Waals surface area contributed by atoms with Gasteiger partial charge in [0.05, 0.1) is 40.3 Å². The van der Waals surface area contributed by atoms with Crippen LogP contribution in [0.1, 0.15) is 36.1 Å². The van der Waals surface area contributed by atoms with Crippen LogP contribution < -0.4 is 11.1 Å². The second kappa shape index (κ2) is 6.65. The molecule has 4 N–H and O–H groups in total. The zero-order chi connectivity index (χ0) is 21.3. The van der Waals surface area contributed by atoms with E-state index in [-0.39, 0.29) is 18.0 Å². The molecule has 0 amide bonds. The Morgan fingerprint density at radius 3 is 2.97 bits per heavy atom. The lowest BCUT2D eigenvalue weighted by Crippen LogP contribution is -2.47. The van der Waals surface area contributed by atoms with Crippen LogP contribution in [0.5, 0.6) is 0 Å². The normalized spacial score (nSPS) is 24.1. The number of nitrogens with two attached hydrogens (primary N) is 1. The van der Waals surface area contributed by atoms with Crippen LogP contribution in [-0.2, 0) is 10.0 Å². The SMILES string of the molecule is CS(=O)(=O)N1CCC[C@@H]2C1c1c(ccc3[nH]ncc13)N[C@@H]2c1ccc2nc(N)sc2c1. The number of nitrogens with zero attached hydrogens (tertiary/aromatic N) is 3. The van der Waals surface area contributed by atoms with Gasteiger partial charge in [-0.3, -0.25) is 5.10 Å². The highest BCUT2D eigenvalue weighted by Crippen LogP contribution is 2.53. The topological polar surface area (TPSA) is 117 Å². The third-order valence-electron chi connectivity index (χ3n) is 6.55. The maximum Gasteiger partial charge on any atom is 0.211 e. The van der Waals surface area contributed by atoms with E-state index in [1.54, 1.807) is 10.5 Å². The van der Waals surface area contributed by atoms with Crippen LogP contribution >= 0.6 is 11.3 Å². The molecule has 8 nitrogen and oxygen atoms in total. The van der Waals surface area contributed by atoms with Gasteiger partial charge in [-0.15, -0.1) is 0 Å². The molecule has 0 saturated carbocycles. The van der Waals surface area contributed by atoms with Crippen LogP contribution in [0.25, 0.3) is 21.1 Å². The number of hydrogen-bond donors (Lipinski definition) is 3. The quantitative estimate of drug-likeness (QED) is 0.426. The van der Waals surface area contributed by atoms with E-state index in [9.17, 15) is 8.42 Å². The molecular weight excluding hydrogens is 432 g/mol. The van der Waals surface area contributed by atoms with E-state index in [4.69, 9.17) is 5.73 Å². The summed E-state index contributed by atoms with van der Waals surface area (Å²) in [5.41, 5.74) is 10.8. The number of nitrogens with one attached hydrogen (secondary N) is 2. The first-order valence-corrected chi connectivity index (χ1v) is 12.9. The summed E-state index contributed by atoms with van der Waals surface area (Å²) in [6.07, 6.45) is 4.88. The molecule has 0 spiro atoms. The van der Waals surface area contributed by atoms with Gasteiger partial charge >= 0.3 is 0 Å². The van der Waals surface area contributed by atoms with Crippen molar-refractivity contribution in [1.82, 2.24) is 19.5 Å². The Hall–Kier alpha value is -2.69. The van der Waals surface area contributed by atoms with E-state index in [0.29, 0.717) is 11.7 Å². The van der Waals surface area contributed by atoms with E-state index in [1.165, 1.54) is 17.6 Å². The number of aromatic nitrogens is 3. The van der Waals surface area contributed by atoms with E-state index in [0.717, 1.165) is 50.8 Å². The minimum atomic E-state index is -3.38. The summed E-state index contributed by atoms with van der Waals surface area (Å²) in [5.74, 6) is 0.0965. The first-order valence-electron chi connectivity index (χ1n) is 10.3. The molecule has 0 bridgehead atoms. The average Bonchev–Trinajstić information content (AvgIpc) is 3.36. The second-order valence-electron chi connectivity index (χ2n) is 8.38. The number of hydrogen-bond acceptors (Lipinski definition) is 7. The number of anilines is 2. The van der Waals surface area contributed by atoms with Gasteiger partial charge in [0.25, 0.3) is 0 Å². The molecule has 31 heavy (non-hydrogen) atoms. The first-order chi connectivity index (χ1) is 14.9. The van der Waals surface area contributed by atoms with Crippen LogP contribution in [0.2, 0.25) is 0 Å². The molecule has 3 atom stereocenters. The number of benzene rings is 2. The maximum atomic E-state index is 12.8. The lowest BCUT2D eigenvalue weighted by atomic mass is 9.74. The molecule has 2 aliphatic heterocycles. The predicted molar refractivity (Wildman–Crippen MR) is 124 cm³/mol. The lowest BCUT2D eigenvalue weighted by Gasteiger charge is -2.48. The Labute approximate surface area is 183 Å². The van der Waals surface area contributed by atoms with Crippen molar-refractivity contribution in [3.63, 3.8) is 0 Å². The number of fused-ring (bicyclic) bond motifs is 6. The number of H-pyrrole nitrogens is 1. The predicted octanol–water partition coefficient (Wildman–Crippen LogP) is 3.63. The van der Waals surface area contributed by atoms with Crippen molar-refractivity contribution in [1.29, 1.82) is 0 Å². The summed E-state index contributed by atoms with van der Waals surface area (Å²) in [5, 5.41) is 12.5. The summed E-state index contributed by atoms with van der Waals surface area (Å²) in [4.78, 5) is 4.37. The summed E-state index contributed by atoms with van der Waals surface area (Å²) in [6, 6.07) is 9.98. The minimum absolute atomic E-state index is 0.0147. The van der Waals surface area contributed by atoms with Crippen LogP contribution in [0.4, 0.5) is 10.8 Å². The fraction of sp³-hybridized carbons (Fsp3) is 0.333. The van der Waals surface area contributed by atoms with Gasteiger partial charge in [-0.05, 0) is 42.7 Å². The molecule has 2 aromatic carbocycles. The van der Waals surface area contributed by atoms with Gasteiger partial charge in [-0.25, -0.2) is 13.4 Å². The zero-order valence-electron chi connectivity index (χ0n) is 16.9. The van der Waals surface area contributed by atoms with E-state index in [1.807, 2.05) is 18.2 Å². The van der Waals surface area contributed by atoms with Gasteiger partial charge in [-0.2, -0.15) is 9.40 Å². The average molecular weight is 455 g/mol. The van der Waals surface area contributed by atoms with Gasteiger partial charge in [0.1, 0.15) is 0 Å². The standard InChI is InChI=1S/C21H22N6O2S2/c1-31(28,29)27-8-2-3-12-19(11-4-5-15-17(9-11)30-21(22)25-15)24-16-7-6-14-13(10-23-26-14)18(16)20(12)27/h4-7,9-10,12,19-20,24H,2-3,8H2,1H3,(H2,22,25)(H,23,26)/t12-,19+,20?/m0/s1. The zero-order valence-corrected chi connectivity index (χ0v) is 18.5. The van der Waals surface area contributed by atoms with Crippen molar-refractivity contribution < 1.29 is 8.42 Å². The lowest BCUT2D eigenvalue weighted by molar-refractivity contribution is 0.154. The van der Waals surface area contributed by atoms with Gasteiger partial charge in [0, 0.05) is 29.1 Å². The largest absolute Gasteiger partial charge is 0.378 e. The molecule has 4 aromatic rings. The maximum absolute atomic E-state index is 12.8. The van der Waals surface area contributed by atoms with Crippen molar-refractivity contribution in [3.05, 3.63) is 47.7 Å². The van der Waals surface area contributed by atoms with Crippen molar-refractivity contribution in [2.24, 2.45) is 5.92 Å². The number of rotatable bonds is 2. The fourth-order valence-corrected chi connectivity index (χ4v) is 7.23. The third kappa shape index (κ3) is 2.93. The molecule has 1 saturated heterocycles. The van der Waals surface area contributed by atoms with Gasteiger partial charge in [0.2, 0.25) is 10.0 Å². The summed E-state index contributed by atoms with van der Waals surface area (Å²) in [7, 11) is -3.38. The first kappa shape index (κ1) is 19.0. The van der Waals surface area contributed by atoms with Crippen molar-refractivity contribution in [3.8, 4) is 0 Å². The minimum Gasteiger partial charge on any atom is -0.378 e. The van der Waals surface area contributed by atoms with Gasteiger partial charge < -0.3 is 11.1 Å². The molecule has 2 aromatic heterocycles. The molecule has 6 rings (SSSR count). The summed E-state index contributed by atoms with van der Waals surface area (Å²) >= 11 is 1.47. The Morgan fingerprint density at radius 2 is 2.13 bits per heavy atom. The Balaban J connectivity index is 1.56. The molecule has 0 radical (unpaired) electrons. The molecule has 10 heteroatoms. The van der Waals surface area contributed by atoms with Crippen LogP contribution in [0.3, 0.4) is 0 Å². The highest BCUT2D eigenvalue weighted by molar-refractivity contribution is 7.88. The Bertz CT molecular complexity index is 1430. The second-order valence-corrected chi connectivity index (χ2v) is 11.4. The highest BCUT2D eigenvalue weighted by atomic mass is 32.2. The monoisotopic (exact) mass is 454 g/mol. The Kier molecular flexibility index (Phi) is 4.08. The third-order valence-corrected chi connectivity index (χ3v) is 8.66. The van der Waals surface area contributed by atoms with E-state index >= 15 is 0 Å². The number of piperidine rings is 1. The van der Waals surface area contributed by atoms with Crippen LogP contribution in [-0.4, -0.2) is 40.7 Å². The fourth-order valence-electron chi connectivity index (χ4n) is 5.31. The van der Waals surface area contributed by atoms with Gasteiger partial charge in [-0.1, -0.05) is 17.4 Å². The molecular formula is C21H22N6O2S2. The van der Waals surface area contributed by atoms with E-state index in [2.05, 4.69) is 32.6 Å². The summed E-state index contributed by atoms with van der Waals surface area (Å²) < 4.78 is 28.3. The van der Waals surface area contributed by atoms with Crippen molar-refractivity contribution in [2.75, 3.05) is 23.9 Å². The van der Waals surface area contributed by atoms with Crippen LogP contribution in [0.15, 0.2) is 36.5 Å². The Morgan fingerprint density at radius 1 is 1.26 bits per heavy atom. The van der Waals surface area contributed by atoms with Crippen molar-refractivity contribution in [2.45, 2.75) is 24.9 Å². The highest BCUT2D eigenvalue weighted by Gasteiger charge is 2.46. The molecule has 160 valence electrons. The molecule has 4 heterocycles. The molecule has 0 aliphatic carbocycles.